The highest BCUT2D eigenvalue weighted by atomic mass is 19.4. The zero-order valence-corrected chi connectivity index (χ0v) is 15.5. The van der Waals surface area contributed by atoms with E-state index in [-0.39, 0.29) is 30.1 Å². The first-order chi connectivity index (χ1) is 13.9. The van der Waals surface area contributed by atoms with Crippen LogP contribution in [0.25, 0.3) is 0 Å². The van der Waals surface area contributed by atoms with Crippen LogP contribution in [0, 0.1) is 11.3 Å². The highest BCUT2D eigenvalue weighted by Crippen LogP contribution is 2.31. The molecule has 2 aromatic rings. The number of nitrogens with one attached hydrogen (secondary N) is 1. The lowest BCUT2D eigenvalue weighted by atomic mass is 10.1. The van der Waals surface area contributed by atoms with Crippen molar-refractivity contribution in [1.82, 2.24) is 14.9 Å². The zero-order chi connectivity index (χ0) is 20.9. The van der Waals surface area contributed by atoms with E-state index in [0.29, 0.717) is 32.1 Å². The number of hydrogen-bond donors (Lipinski definition) is 1. The van der Waals surface area contributed by atoms with Crippen molar-refractivity contribution in [3.63, 3.8) is 0 Å². The molecule has 1 amide bonds. The molecule has 1 aromatic carbocycles. The number of rotatable bonds is 5. The molecular formula is C19H19F3N6O. The largest absolute Gasteiger partial charge is 0.416 e. The second kappa shape index (κ2) is 8.77. The Morgan fingerprint density at radius 1 is 1.17 bits per heavy atom. The van der Waals surface area contributed by atoms with Crippen LogP contribution in [0.2, 0.25) is 0 Å². The number of nitriles is 1. The van der Waals surface area contributed by atoms with E-state index in [4.69, 9.17) is 5.26 Å². The SMILES string of the molecule is N#Cc1cc(C(F)(F)F)ccc1NCCC(=O)N1CCN(c2ncccn2)CC1. The normalized spacial score (nSPS) is 14.4. The minimum absolute atomic E-state index is 0.0588. The van der Waals surface area contributed by atoms with Gasteiger partial charge >= 0.3 is 6.18 Å². The van der Waals surface area contributed by atoms with Gasteiger partial charge in [0.15, 0.2) is 0 Å². The molecule has 0 saturated carbocycles. The van der Waals surface area contributed by atoms with Crippen molar-refractivity contribution in [1.29, 1.82) is 5.26 Å². The Morgan fingerprint density at radius 3 is 2.48 bits per heavy atom. The number of halogens is 3. The average Bonchev–Trinajstić information content (AvgIpc) is 2.73. The summed E-state index contributed by atoms with van der Waals surface area (Å²) in [4.78, 5) is 24.5. The fraction of sp³-hybridized carbons (Fsp3) is 0.368. The van der Waals surface area contributed by atoms with Crippen LogP contribution in [-0.4, -0.2) is 53.5 Å². The Hall–Kier alpha value is -3.35. The molecule has 1 aliphatic rings. The van der Waals surface area contributed by atoms with E-state index in [0.717, 1.165) is 12.1 Å². The number of piperazine rings is 1. The van der Waals surface area contributed by atoms with Gasteiger partial charge in [-0.3, -0.25) is 4.79 Å². The molecule has 0 unspecified atom stereocenters. The molecular weight excluding hydrogens is 385 g/mol. The molecule has 0 spiro atoms. The van der Waals surface area contributed by atoms with E-state index in [1.54, 1.807) is 29.4 Å². The fourth-order valence-corrected chi connectivity index (χ4v) is 3.04. The van der Waals surface area contributed by atoms with Gasteiger partial charge in [0.2, 0.25) is 11.9 Å². The second-order valence-electron chi connectivity index (χ2n) is 6.46. The van der Waals surface area contributed by atoms with Crippen LogP contribution >= 0.6 is 0 Å². The number of aromatic nitrogens is 2. The van der Waals surface area contributed by atoms with Gasteiger partial charge in [0.05, 0.1) is 16.8 Å². The molecule has 1 saturated heterocycles. The molecule has 3 rings (SSSR count). The predicted molar refractivity (Wildman–Crippen MR) is 100 cm³/mol. The van der Waals surface area contributed by atoms with Gasteiger partial charge in [-0.25, -0.2) is 9.97 Å². The third-order valence-electron chi connectivity index (χ3n) is 4.59. The minimum Gasteiger partial charge on any atom is -0.383 e. The summed E-state index contributed by atoms with van der Waals surface area (Å²) in [5.74, 6) is 0.573. The summed E-state index contributed by atoms with van der Waals surface area (Å²) >= 11 is 0. The van der Waals surface area contributed by atoms with Gasteiger partial charge in [0.25, 0.3) is 0 Å². The van der Waals surface area contributed by atoms with E-state index in [9.17, 15) is 18.0 Å². The molecule has 10 heteroatoms. The monoisotopic (exact) mass is 404 g/mol. The van der Waals surface area contributed by atoms with Crippen LogP contribution in [0.1, 0.15) is 17.5 Å². The van der Waals surface area contributed by atoms with E-state index >= 15 is 0 Å². The summed E-state index contributed by atoms with van der Waals surface area (Å²) in [5, 5.41) is 12.0. The topological polar surface area (TPSA) is 85.2 Å². The minimum atomic E-state index is -4.51. The summed E-state index contributed by atoms with van der Waals surface area (Å²) in [7, 11) is 0. The Balaban J connectivity index is 1.49. The fourth-order valence-electron chi connectivity index (χ4n) is 3.04. The molecule has 7 nitrogen and oxygen atoms in total. The number of alkyl halides is 3. The highest BCUT2D eigenvalue weighted by Gasteiger charge is 2.31. The second-order valence-corrected chi connectivity index (χ2v) is 6.46. The Kier molecular flexibility index (Phi) is 6.16. The van der Waals surface area contributed by atoms with E-state index in [1.165, 1.54) is 6.07 Å². The molecule has 152 valence electrons. The first-order valence-corrected chi connectivity index (χ1v) is 9.03. The molecule has 0 aliphatic carbocycles. The summed E-state index contributed by atoms with van der Waals surface area (Å²) in [6.45, 7) is 2.56. The first kappa shape index (κ1) is 20.4. The number of amides is 1. The maximum absolute atomic E-state index is 12.7. The standard InChI is InChI=1S/C19H19F3N6O/c20-19(21,22)15-2-3-16(14(12-15)13-23)24-7-4-17(29)27-8-10-28(11-9-27)18-25-5-1-6-26-18/h1-3,5-6,12,24H,4,7-11H2. The third-order valence-corrected chi connectivity index (χ3v) is 4.59. The Bertz CT molecular complexity index is 889. The van der Waals surface area contributed by atoms with Crippen LogP contribution in [0.4, 0.5) is 24.8 Å². The quantitative estimate of drug-likeness (QED) is 0.824. The van der Waals surface area contributed by atoms with Crippen LogP contribution in [0.5, 0.6) is 0 Å². The number of benzene rings is 1. The summed E-state index contributed by atoms with van der Waals surface area (Å²) in [6, 6.07) is 6.42. The number of anilines is 2. The molecule has 2 heterocycles. The van der Waals surface area contributed by atoms with Crippen molar-refractivity contribution in [3.05, 3.63) is 47.8 Å². The van der Waals surface area contributed by atoms with Crippen LogP contribution in [-0.2, 0) is 11.0 Å². The van der Waals surface area contributed by atoms with Crippen molar-refractivity contribution in [3.8, 4) is 6.07 Å². The molecule has 0 atom stereocenters. The lowest BCUT2D eigenvalue weighted by Crippen LogP contribution is -2.49. The lowest BCUT2D eigenvalue weighted by molar-refractivity contribution is -0.137. The molecule has 0 bridgehead atoms. The molecule has 0 radical (unpaired) electrons. The van der Waals surface area contributed by atoms with Gasteiger partial charge in [-0.1, -0.05) is 0 Å². The molecule has 1 N–H and O–H groups in total. The number of carbonyl (C=O) groups excluding carboxylic acids is 1. The van der Waals surface area contributed by atoms with Crippen molar-refractivity contribution in [2.45, 2.75) is 12.6 Å². The first-order valence-electron chi connectivity index (χ1n) is 9.03. The van der Waals surface area contributed by atoms with Crippen molar-refractivity contribution < 1.29 is 18.0 Å². The van der Waals surface area contributed by atoms with E-state index < -0.39 is 11.7 Å². The van der Waals surface area contributed by atoms with Crippen LogP contribution in [0.15, 0.2) is 36.7 Å². The smallest absolute Gasteiger partial charge is 0.383 e. The maximum Gasteiger partial charge on any atom is 0.416 e. The van der Waals surface area contributed by atoms with Crippen molar-refractivity contribution >= 4 is 17.5 Å². The van der Waals surface area contributed by atoms with Gasteiger partial charge in [0.1, 0.15) is 6.07 Å². The van der Waals surface area contributed by atoms with E-state index in [2.05, 4.69) is 15.3 Å². The predicted octanol–water partition coefficient (Wildman–Crippen LogP) is 2.52. The van der Waals surface area contributed by atoms with Gasteiger partial charge < -0.3 is 15.1 Å². The molecule has 29 heavy (non-hydrogen) atoms. The number of nitrogens with zero attached hydrogens (tertiary/aromatic N) is 5. The van der Waals surface area contributed by atoms with Gasteiger partial charge in [0, 0.05) is 51.5 Å². The number of hydrogen-bond acceptors (Lipinski definition) is 6. The maximum atomic E-state index is 12.7. The van der Waals surface area contributed by atoms with Gasteiger partial charge in [-0.15, -0.1) is 0 Å². The Labute approximate surface area is 165 Å². The lowest BCUT2D eigenvalue weighted by Gasteiger charge is -2.34. The zero-order valence-electron chi connectivity index (χ0n) is 15.5. The van der Waals surface area contributed by atoms with Crippen LogP contribution in [0.3, 0.4) is 0 Å². The highest BCUT2D eigenvalue weighted by molar-refractivity contribution is 5.77. The van der Waals surface area contributed by atoms with Gasteiger partial charge in [-0.2, -0.15) is 18.4 Å². The van der Waals surface area contributed by atoms with Gasteiger partial charge in [-0.05, 0) is 24.3 Å². The van der Waals surface area contributed by atoms with E-state index in [1.807, 2.05) is 4.90 Å². The molecule has 1 fully saturated rings. The summed E-state index contributed by atoms with van der Waals surface area (Å²) < 4.78 is 38.2. The average molecular weight is 404 g/mol. The van der Waals surface area contributed by atoms with Crippen molar-refractivity contribution in [2.75, 3.05) is 42.9 Å². The summed E-state index contributed by atoms with van der Waals surface area (Å²) in [5.41, 5.74) is -0.709. The molecule has 1 aliphatic heterocycles. The third kappa shape index (κ3) is 5.13. The van der Waals surface area contributed by atoms with Crippen molar-refractivity contribution in [2.24, 2.45) is 0 Å². The molecule has 1 aromatic heterocycles. The number of carbonyl (C=O) groups is 1. The summed E-state index contributed by atoms with van der Waals surface area (Å²) in [6.07, 6.45) is -0.995. The van der Waals surface area contributed by atoms with Crippen LogP contribution < -0.4 is 10.2 Å². The Morgan fingerprint density at radius 2 is 1.86 bits per heavy atom.